The second-order valence-electron chi connectivity index (χ2n) is 8.25. The molecule has 2 aliphatic heterocycles. The summed E-state index contributed by atoms with van der Waals surface area (Å²) in [7, 11) is -3.61. The number of nitrogens with one attached hydrogen (secondary N) is 1. The van der Waals surface area contributed by atoms with Gasteiger partial charge in [-0.1, -0.05) is 26.0 Å². The number of nitrogens with zero attached hydrogens (tertiary/aromatic N) is 2. The first-order valence-corrected chi connectivity index (χ1v) is 11.5. The average Bonchev–Trinajstić information content (AvgIpc) is 2.72. The minimum atomic E-state index is -3.61. The number of sulfonamides is 1. The normalized spacial score (nSPS) is 22.3. The molecule has 0 radical (unpaired) electrons. The van der Waals surface area contributed by atoms with Crippen LogP contribution in [0.25, 0.3) is 0 Å². The van der Waals surface area contributed by atoms with Gasteiger partial charge >= 0.3 is 0 Å². The van der Waals surface area contributed by atoms with Crippen LogP contribution in [0, 0.1) is 11.8 Å². The van der Waals surface area contributed by atoms with Crippen LogP contribution in [-0.4, -0.2) is 44.2 Å². The third-order valence-corrected chi connectivity index (χ3v) is 7.44. The molecular formula is C22H25N3O4S. The molecule has 0 saturated carbocycles. The SMILES string of the molecule is CC1CC(C)CN(S(=O)(=O)c2ccc(C(=O)N3CC(=O)Nc4ccccc43)cc2)C1. The Morgan fingerprint density at radius 1 is 1.00 bits per heavy atom. The van der Waals surface area contributed by atoms with Crippen molar-refractivity contribution in [2.75, 3.05) is 29.9 Å². The van der Waals surface area contributed by atoms with E-state index in [0.717, 1.165) is 6.42 Å². The summed E-state index contributed by atoms with van der Waals surface area (Å²) in [5, 5.41) is 2.75. The summed E-state index contributed by atoms with van der Waals surface area (Å²) in [6.07, 6.45) is 1.02. The second kappa shape index (κ2) is 7.85. The van der Waals surface area contributed by atoms with Gasteiger partial charge in [0.25, 0.3) is 5.91 Å². The summed E-state index contributed by atoms with van der Waals surface area (Å²) >= 11 is 0. The highest BCUT2D eigenvalue weighted by Crippen LogP contribution is 2.31. The first-order chi connectivity index (χ1) is 14.3. The molecule has 8 heteroatoms. The van der Waals surface area contributed by atoms with Crippen LogP contribution in [-0.2, 0) is 14.8 Å². The minimum Gasteiger partial charge on any atom is -0.323 e. The van der Waals surface area contributed by atoms with Crippen molar-refractivity contribution in [3.63, 3.8) is 0 Å². The highest BCUT2D eigenvalue weighted by atomic mass is 32.2. The van der Waals surface area contributed by atoms with Crippen LogP contribution in [0.1, 0.15) is 30.6 Å². The Kier molecular flexibility index (Phi) is 5.38. The maximum absolute atomic E-state index is 13.0. The standard InChI is InChI=1S/C22H25N3O4S/c1-15-11-16(2)13-24(12-15)30(28,29)18-9-7-17(8-10-18)22(27)25-14-21(26)23-19-5-3-4-6-20(19)25/h3-10,15-16H,11-14H2,1-2H3,(H,23,26). The van der Waals surface area contributed by atoms with E-state index >= 15 is 0 Å². The van der Waals surface area contributed by atoms with Crippen LogP contribution in [0.5, 0.6) is 0 Å². The lowest BCUT2D eigenvalue weighted by atomic mass is 9.94. The fourth-order valence-electron chi connectivity index (χ4n) is 4.29. The minimum absolute atomic E-state index is 0.0839. The number of rotatable bonds is 3. The number of amides is 2. The van der Waals surface area contributed by atoms with Crippen molar-refractivity contribution in [1.29, 1.82) is 0 Å². The van der Waals surface area contributed by atoms with Gasteiger partial charge in [-0.2, -0.15) is 4.31 Å². The lowest BCUT2D eigenvalue weighted by molar-refractivity contribution is -0.115. The number of anilines is 2. The van der Waals surface area contributed by atoms with Crippen molar-refractivity contribution in [2.45, 2.75) is 25.2 Å². The maximum atomic E-state index is 13.0. The zero-order valence-corrected chi connectivity index (χ0v) is 17.9. The van der Waals surface area contributed by atoms with E-state index in [1.807, 2.05) is 0 Å². The van der Waals surface area contributed by atoms with Crippen LogP contribution < -0.4 is 10.2 Å². The zero-order valence-electron chi connectivity index (χ0n) is 17.0. The Bertz CT molecular complexity index is 1070. The summed E-state index contributed by atoms with van der Waals surface area (Å²) in [5.41, 5.74) is 1.53. The van der Waals surface area contributed by atoms with Gasteiger partial charge in [0.15, 0.2) is 0 Å². The summed E-state index contributed by atoms with van der Waals surface area (Å²) < 4.78 is 27.6. The van der Waals surface area contributed by atoms with Crippen molar-refractivity contribution in [3.8, 4) is 0 Å². The second-order valence-corrected chi connectivity index (χ2v) is 10.2. The van der Waals surface area contributed by atoms with E-state index < -0.39 is 10.0 Å². The molecule has 0 spiro atoms. The Labute approximate surface area is 176 Å². The van der Waals surface area contributed by atoms with Gasteiger partial charge in [0, 0.05) is 18.7 Å². The number of hydrogen-bond acceptors (Lipinski definition) is 4. The van der Waals surface area contributed by atoms with Crippen molar-refractivity contribution in [3.05, 3.63) is 54.1 Å². The molecule has 1 saturated heterocycles. The summed E-state index contributed by atoms with van der Waals surface area (Å²) in [5.74, 6) is 0.0143. The summed E-state index contributed by atoms with van der Waals surface area (Å²) in [4.78, 5) is 26.6. The highest BCUT2D eigenvalue weighted by molar-refractivity contribution is 7.89. The predicted molar refractivity (Wildman–Crippen MR) is 115 cm³/mol. The number of carbonyl (C=O) groups excluding carboxylic acids is 2. The van der Waals surface area contributed by atoms with Gasteiger partial charge in [0.05, 0.1) is 16.3 Å². The number of piperidine rings is 1. The van der Waals surface area contributed by atoms with Crippen LogP contribution in [0.4, 0.5) is 11.4 Å². The lowest BCUT2D eigenvalue weighted by Crippen LogP contribution is -2.42. The quantitative estimate of drug-likeness (QED) is 0.816. The maximum Gasteiger partial charge on any atom is 0.258 e. The molecule has 2 atom stereocenters. The molecule has 2 aromatic carbocycles. The van der Waals surface area contributed by atoms with Gasteiger partial charge in [-0.25, -0.2) is 8.42 Å². The summed E-state index contributed by atoms with van der Waals surface area (Å²) in [6.45, 7) is 5.05. The third kappa shape index (κ3) is 3.85. The molecule has 7 nitrogen and oxygen atoms in total. The van der Waals surface area contributed by atoms with Crippen molar-refractivity contribution < 1.29 is 18.0 Å². The Balaban J connectivity index is 1.58. The van der Waals surface area contributed by atoms with E-state index in [4.69, 9.17) is 0 Å². The van der Waals surface area contributed by atoms with Gasteiger partial charge in [0.2, 0.25) is 15.9 Å². The summed E-state index contributed by atoms with van der Waals surface area (Å²) in [6, 6.07) is 13.1. The molecule has 2 amide bonds. The molecule has 2 heterocycles. The predicted octanol–water partition coefficient (Wildman–Crippen LogP) is 2.95. The third-order valence-electron chi connectivity index (χ3n) is 5.59. The number of hydrogen-bond donors (Lipinski definition) is 1. The van der Waals surface area contributed by atoms with Gasteiger partial charge in [-0.3, -0.25) is 14.5 Å². The van der Waals surface area contributed by atoms with Crippen LogP contribution >= 0.6 is 0 Å². The number of para-hydroxylation sites is 2. The number of fused-ring (bicyclic) bond motifs is 1. The van der Waals surface area contributed by atoms with Crippen LogP contribution in [0.15, 0.2) is 53.4 Å². The zero-order chi connectivity index (χ0) is 21.5. The van der Waals surface area contributed by atoms with E-state index in [2.05, 4.69) is 19.2 Å². The molecule has 30 heavy (non-hydrogen) atoms. The van der Waals surface area contributed by atoms with Crippen molar-refractivity contribution >= 4 is 33.2 Å². The van der Waals surface area contributed by atoms with Gasteiger partial charge in [-0.05, 0) is 54.7 Å². The Morgan fingerprint density at radius 2 is 1.63 bits per heavy atom. The molecular weight excluding hydrogens is 402 g/mol. The van der Waals surface area contributed by atoms with Crippen LogP contribution in [0.3, 0.4) is 0 Å². The largest absolute Gasteiger partial charge is 0.323 e. The molecule has 1 fully saturated rings. The lowest BCUT2D eigenvalue weighted by Gasteiger charge is -2.34. The smallest absolute Gasteiger partial charge is 0.258 e. The first-order valence-electron chi connectivity index (χ1n) is 10.1. The van der Waals surface area contributed by atoms with Gasteiger partial charge in [0.1, 0.15) is 6.54 Å². The molecule has 2 aromatic rings. The van der Waals surface area contributed by atoms with Gasteiger partial charge < -0.3 is 5.32 Å². The van der Waals surface area contributed by atoms with E-state index in [-0.39, 0.29) is 23.3 Å². The molecule has 2 unspecified atom stereocenters. The molecule has 0 aliphatic carbocycles. The van der Waals surface area contributed by atoms with Crippen molar-refractivity contribution in [1.82, 2.24) is 4.31 Å². The first kappa shape index (κ1) is 20.6. The molecule has 4 rings (SSSR count). The van der Waals surface area contributed by atoms with Gasteiger partial charge in [-0.15, -0.1) is 0 Å². The molecule has 0 aromatic heterocycles. The fourth-order valence-corrected chi connectivity index (χ4v) is 5.97. The topological polar surface area (TPSA) is 86.8 Å². The number of benzene rings is 2. The van der Waals surface area contributed by atoms with E-state index in [1.54, 1.807) is 24.3 Å². The van der Waals surface area contributed by atoms with E-state index in [9.17, 15) is 18.0 Å². The van der Waals surface area contributed by atoms with Crippen molar-refractivity contribution in [2.24, 2.45) is 11.8 Å². The van der Waals surface area contributed by atoms with Crippen LogP contribution in [0.2, 0.25) is 0 Å². The van der Waals surface area contributed by atoms with E-state index in [0.29, 0.717) is 41.9 Å². The molecule has 2 aliphatic rings. The van der Waals surface area contributed by atoms with E-state index in [1.165, 1.54) is 33.5 Å². The monoisotopic (exact) mass is 427 g/mol. The number of carbonyl (C=O) groups is 2. The fraction of sp³-hybridized carbons (Fsp3) is 0.364. The molecule has 1 N–H and O–H groups in total. The Morgan fingerprint density at radius 3 is 2.30 bits per heavy atom. The Hall–Kier alpha value is -2.71. The highest BCUT2D eigenvalue weighted by Gasteiger charge is 2.32. The molecule has 158 valence electrons. The molecule has 0 bridgehead atoms. The average molecular weight is 428 g/mol.